The molecule has 0 saturated heterocycles. The average molecular weight is 239 g/mol. The van der Waals surface area contributed by atoms with Crippen LogP contribution in [0.4, 0.5) is 0 Å². The Morgan fingerprint density at radius 3 is 2.12 bits per heavy atom. The van der Waals surface area contributed by atoms with Crippen LogP contribution in [0.15, 0.2) is 0 Å². The predicted molar refractivity (Wildman–Crippen MR) is 68.1 cm³/mol. The van der Waals surface area contributed by atoms with Gasteiger partial charge in [0.25, 0.3) is 0 Å². The average Bonchev–Trinajstić information content (AvgIpc) is 2.44. The summed E-state index contributed by atoms with van der Waals surface area (Å²) in [5.74, 6) is 1.48. The Labute approximate surface area is 102 Å². The van der Waals surface area contributed by atoms with Gasteiger partial charge in [0, 0.05) is 12.0 Å². The van der Waals surface area contributed by atoms with Gasteiger partial charge in [0.2, 0.25) is 0 Å². The van der Waals surface area contributed by atoms with E-state index in [0.29, 0.717) is 22.8 Å². The molecule has 3 nitrogen and oxygen atoms in total. The second-order valence-electron chi connectivity index (χ2n) is 6.26. The minimum absolute atomic E-state index is 0.290. The highest BCUT2D eigenvalue weighted by molar-refractivity contribution is 7.71. The first-order valence-corrected chi connectivity index (χ1v) is 6.29. The molecule has 0 radical (unpaired) electrons. The number of hydrogen-bond acceptors (Lipinski definition) is 2. The van der Waals surface area contributed by atoms with Crippen molar-refractivity contribution >= 4 is 12.2 Å². The molecule has 0 atom stereocenters. The number of hydrogen-bond donors (Lipinski definition) is 1. The SMILES string of the molecule is CC(C)c1n[nH]c(=S)n1C1C(C)(C)C1(C)C. The molecule has 1 heterocycles. The molecule has 1 aromatic heterocycles. The van der Waals surface area contributed by atoms with Crippen LogP contribution >= 0.6 is 12.2 Å². The molecule has 16 heavy (non-hydrogen) atoms. The van der Waals surface area contributed by atoms with Crippen LogP contribution in [0.2, 0.25) is 0 Å². The first-order chi connectivity index (χ1) is 7.21. The molecule has 0 unspecified atom stereocenters. The zero-order chi connectivity index (χ0) is 12.3. The number of aromatic amines is 1. The summed E-state index contributed by atoms with van der Waals surface area (Å²) in [7, 11) is 0. The van der Waals surface area contributed by atoms with Gasteiger partial charge < -0.3 is 0 Å². The van der Waals surface area contributed by atoms with E-state index in [9.17, 15) is 0 Å². The molecule has 0 aromatic carbocycles. The van der Waals surface area contributed by atoms with Gasteiger partial charge in [-0.25, -0.2) is 0 Å². The van der Waals surface area contributed by atoms with Crippen LogP contribution < -0.4 is 0 Å². The fourth-order valence-electron chi connectivity index (χ4n) is 2.78. The van der Waals surface area contributed by atoms with E-state index in [1.807, 2.05) is 0 Å². The van der Waals surface area contributed by atoms with Gasteiger partial charge >= 0.3 is 0 Å². The fourth-order valence-corrected chi connectivity index (χ4v) is 3.03. The van der Waals surface area contributed by atoms with Crippen LogP contribution in [0.5, 0.6) is 0 Å². The van der Waals surface area contributed by atoms with Crippen molar-refractivity contribution in [3.8, 4) is 0 Å². The van der Waals surface area contributed by atoms with Crippen LogP contribution in [-0.4, -0.2) is 14.8 Å². The van der Waals surface area contributed by atoms with Crippen molar-refractivity contribution in [2.45, 2.75) is 53.5 Å². The quantitative estimate of drug-likeness (QED) is 0.799. The molecule has 2 rings (SSSR count). The molecule has 0 spiro atoms. The number of nitrogens with one attached hydrogen (secondary N) is 1. The van der Waals surface area contributed by atoms with Crippen LogP contribution in [-0.2, 0) is 0 Å². The summed E-state index contributed by atoms with van der Waals surface area (Å²) in [6.07, 6.45) is 0. The second-order valence-corrected chi connectivity index (χ2v) is 6.64. The summed E-state index contributed by atoms with van der Waals surface area (Å²) in [6.45, 7) is 13.5. The Bertz CT molecular complexity index is 451. The summed E-state index contributed by atoms with van der Waals surface area (Å²) >= 11 is 5.36. The fraction of sp³-hybridized carbons (Fsp3) is 0.833. The third-order valence-corrected chi connectivity index (χ3v) is 4.74. The first-order valence-electron chi connectivity index (χ1n) is 5.88. The smallest absolute Gasteiger partial charge is 0.195 e. The van der Waals surface area contributed by atoms with Crippen LogP contribution in [0.25, 0.3) is 0 Å². The van der Waals surface area contributed by atoms with Crippen molar-refractivity contribution in [2.24, 2.45) is 10.8 Å². The molecule has 1 saturated carbocycles. The van der Waals surface area contributed by atoms with Crippen molar-refractivity contribution in [3.05, 3.63) is 10.6 Å². The minimum Gasteiger partial charge on any atom is -0.300 e. The van der Waals surface area contributed by atoms with Crippen molar-refractivity contribution in [1.82, 2.24) is 14.8 Å². The maximum absolute atomic E-state index is 5.36. The topological polar surface area (TPSA) is 33.6 Å². The zero-order valence-electron chi connectivity index (χ0n) is 11.0. The molecule has 1 aromatic rings. The van der Waals surface area contributed by atoms with E-state index >= 15 is 0 Å². The maximum atomic E-state index is 5.36. The zero-order valence-corrected chi connectivity index (χ0v) is 11.8. The number of rotatable bonds is 2. The van der Waals surface area contributed by atoms with Gasteiger partial charge in [0.1, 0.15) is 5.82 Å². The summed E-state index contributed by atoms with van der Waals surface area (Å²) in [5, 5.41) is 7.28. The molecule has 0 amide bonds. The molecule has 1 fully saturated rings. The molecule has 90 valence electrons. The van der Waals surface area contributed by atoms with Gasteiger partial charge in [0.15, 0.2) is 4.77 Å². The van der Waals surface area contributed by atoms with Gasteiger partial charge in [-0.3, -0.25) is 9.67 Å². The van der Waals surface area contributed by atoms with Crippen molar-refractivity contribution in [2.75, 3.05) is 0 Å². The monoisotopic (exact) mass is 239 g/mol. The second kappa shape index (κ2) is 3.19. The number of nitrogens with zero attached hydrogens (tertiary/aromatic N) is 2. The van der Waals surface area contributed by atoms with Gasteiger partial charge in [-0.1, -0.05) is 41.5 Å². The van der Waals surface area contributed by atoms with Gasteiger partial charge in [-0.05, 0) is 23.0 Å². The normalized spacial score (nSPS) is 22.7. The third kappa shape index (κ3) is 1.32. The van der Waals surface area contributed by atoms with E-state index in [4.69, 9.17) is 12.2 Å². The van der Waals surface area contributed by atoms with Crippen LogP contribution in [0, 0.1) is 15.6 Å². The predicted octanol–water partition coefficient (Wildman–Crippen LogP) is 3.67. The summed E-state index contributed by atoms with van der Waals surface area (Å²) in [6, 6.07) is 0.462. The highest BCUT2D eigenvalue weighted by atomic mass is 32.1. The Balaban J connectivity index is 2.52. The first kappa shape index (κ1) is 11.8. The van der Waals surface area contributed by atoms with Crippen molar-refractivity contribution in [1.29, 1.82) is 0 Å². The van der Waals surface area contributed by atoms with E-state index in [-0.39, 0.29) is 0 Å². The van der Waals surface area contributed by atoms with Crippen molar-refractivity contribution in [3.63, 3.8) is 0 Å². The van der Waals surface area contributed by atoms with Crippen LogP contribution in [0.3, 0.4) is 0 Å². The van der Waals surface area contributed by atoms with E-state index in [1.54, 1.807) is 0 Å². The van der Waals surface area contributed by atoms with E-state index < -0.39 is 0 Å². The molecular formula is C12H21N3S. The molecule has 0 aliphatic heterocycles. The van der Waals surface area contributed by atoms with Gasteiger partial charge in [-0.15, -0.1) is 0 Å². The lowest BCUT2D eigenvalue weighted by Crippen LogP contribution is -2.08. The lowest BCUT2D eigenvalue weighted by atomic mass is 10.0. The van der Waals surface area contributed by atoms with Gasteiger partial charge in [0.05, 0.1) is 0 Å². The van der Waals surface area contributed by atoms with E-state index in [1.165, 1.54) is 0 Å². The Morgan fingerprint density at radius 2 is 1.75 bits per heavy atom. The van der Waals surface area contributed by atoms with E-state index in [2.05, 4.69) is 56.3 Å². The number of aromatic nitrogens is 3. The molecule has 1 N–H and O–H groups in total. The highest BCUT2D eigenvalue weighted by Crippen LogP contribution is 2.71. The summed E-state index contributed by atoms with van der Waals surface area (Å²) in [5.41, 5.74) is 0.581. The standard InChI is InChI=1S/C12H21N3S/c1-7(2)8-13-14-10(16)15(8)9-11(3,4)12(9,5)6/h7,9H,1-6H3,(H,14,16). The Hall–Kier alpha value is -0.640. The molecule has 1 aliphatic carbocycles. The lowest BCUT2D eigenvalue weighted by molar-refractivity contribution is 0.457. The Kier molecular flexibility index (Phi) is 2.36. The van der Waals surface area contributed by atoms with Crippen molar-refractivity contribution < 1.29 is 0 Å². The lowest BCUT2D eigenvalue weighted by Gasteiger charge is -2.10. The molecule has 1 aliphatic rings. The molecular weight excluding hydrogens is 218 g/mol. The maximum Gasteiger partial charge on any atom is 0.195 e. The van der Waals surface area contributed by atoms with E-state index in [0.717, 1.165) is 10.6 Å². The van der Waals surface area contributed by atoms with Gasteiger partial charge in [-0.2, -0.15) is 5.10 Å². The van der Waals surface area contributed by atoms with Crippen LogP contribution in [0.1, 0.15) is 59.3 Å². The molecule has 4 heteroatoms. The third-order valence-electron chi connectivity index (χ3n) is 4.45. The largest absolute Gasteiger partial charge is 0.300 e. The highest BCUT2D eigenvalue weighted by Gasteiger charge is 2.66. The molecule has 0 bridgehead atoms. The summed E-state index contributed by atoms with van der Waals surface area (Å²) in [4.78, 5) is 0. The summed E-state index contributed by atoms with van der Waals surface area (Å²) < 4.78 is 2.98. The minimum atomic E-state index is 0.290. The Morgan fingerprint density at radius 1 is 1.25 bits per heavy atom. The number of H-pyrrole nitrogens is 1.